The number of hydrogen-bond acceptors (Lipinski definition) is 2. The van der Waals surface area contributed by atoms with Gasteiger partial charge < -0.3 is 5.73 Å². The normalized spacial score (nSPS) is 21.7. The van der Waals surface area contributed by atoms with Gasteiger partial charge in [-0.2, -0.15) is 26.3 Å². The number of hydrogen-bond donors (Lipinski definition) is 1. The van der Waals surface area contributed by atoms with Crippen molar-refractivity contribution in [3.8, 4) is 0 Å². The van der Waals surface area contributed by atoms with E-state index in [4.69, 9.17) is 5.73 Å². The van der Waals surface area contributed by atoms with Crippen molar-refractivity contribution in [2.45, 2.75) is 44.7 Å². The smallest absolute Gasteiger partial charge is 0.328 e. The maximum absolute atomic E-state index is 12.9. The fourth-order valence-electron chi connectivity index (χ4n) is 3.03. The van der Waals surface area contributed by atoms with Crippen LogP contribution in [0.4, 0.5) is 26.3 Å². The van der Waals surface area contributed by atoms with Gasteiger partial charge in [0, 0.05) is 18.6 Å². The molecule has 3 atom stereocenters. The van der Waals surface area contributed by atoms with Gasteiger partial charge in [0.1, 0.15) is 0 Å². The first kappa shape index (κ1) is 22.1. The average molecular weight is 391 g/mol. The summed E-state index contributed by atoms with van der Waals surface area (Å²) in [6.45, 7) is 4.64. The summed E-state index contributed by atoms with van der Waals surface area (Å²) < 4.78 is 77.7. The van der Waals surface area contributed by atoms with Crippen LogP contribution in [0.3, 0.4) is 0 Å². The van der Waals surface area contributed by atoms with E-state index in [0.717, 1.165) is 18.6 Å². The molecule has 0 amide bonds. The number of rotatable bonds is 3. The van der Waals surface area contributed by atoms with Gasteiger partial charge in [-0.15, -0.1) is 12.4 Å². The monoisotopic (exact) mass is 390 g/mol. The van der Waals surface area contributed by atoms with E-state index >= 15 is 0 Å². The molecule has 144 valence electrons. The van der Waals surface area contributed by atoms with Crippen molar-refractivity contribution in [3.05, 3.63) is 34.9 Å². The van der Waals surface area contributed by atoms with Crippen LogP contribution in [0.1, 0.15) is 43.0 Å². The van der Waals surface area contributed by atoms with Crippen LogP contribution in [0.5, 0.6) is 0 Å². The minimum Gasteiger partial charge on any atom is -0.328 e. The highest BCUT2D eigenvalue weighted by Gasteiger charge is 2.38. The lowest BCUT2D eigenvalue weighted by Gasteiger charge is -2.27. The Hall–Kier alpha value is -0.990. The number of nitrogens with two attached hydrogens (primary N) is 1. The second-order valence-electron chi connectivity index (χ2n) is 6.42. The van der Waals surface area contributed by atoms with Gasteiger partial charge in [0.15, 0.2) is 0 Å². The van der Waals surface area contributed by atoms with Crippen molar-refractivity contribution in [2.24, 2.45) is 11.7 Å². The zero-order valence-corrected chi connectivity index (χ0v) is 14.6. The largest absolute Gasteiger partial charge is 0.416 e. The lowest BCUT2D eigenvalue weighted by Crippen LogP contribution is -2.31. The van der Waals surface area contributed by atoms with Crippen LogP contribution in [0, 0.1) is 5.92 Å². The summed E-state index contributed by atoms with van der Waals surface area (Å²) in [4.78, 5) is 1.88. The molecule has 1 aliphatic heterocycles. The number of alkyl halides is 6. The van der Waals surface area contributed by atoms with E-state index in [2.05, 4.69) is 0 Å². The summed E-state index contributed by atoms with van der Waals surface area (Å²) in [5, 5.41) is 0. The first-order valence-electron chi connectivity index (χ1n) is 7.68. The number of likely N-dealkylation sites (tertiary alicyclic amines) is 1. The maximum Gasteiger partial charge on any atom is 0.416 e. The van der Waals surface area contributed by atoms with Crippen molar-refractivity contribution >= 4 is 12.4 Å². The number of halogens is 7. The molecule has 1 heterocycles. The lowest BCUT2D eigenvalue weighted by molar-refractivity contribution is -0.143. The van der Waals surface area contributed by atoms with Crippen LogP contribution in [-0.4, -0.2) is 24.0 Å². The molecule has 1 aliphatic rings. The SMILES string of the molecule is CC(N)C1CCN(C(C)c2cc(C(F)(F)F)cc(C(F)(F)F)c2)C1.Cl. The molecule has 1 fully saturated rings. The van der Waals surface area contributed by atoms with Crippen LogP contribution in [0.2, 0.25) is 0 Å². The summed E-state index contributed by atoms with van der Waals surface area (Å²) in [7, 11) is 0. The Morgan fingerprint density at radius 3 is 1.84 bits per heavy atom. The summed E-state index contributed by atoms with van der Waals surface area (Å²) in [5.74, 6) is 0.195. The molecule has 9 heteroatoms. The molecule has 3 unspecified atom stereocenters. The predicted molar refractivity (Wildman–Crippen MR) is 85.4 cm³/mol. The van der Waals surface area contributed by atoms with Crippen molar-refractivity contribution in [3.63, 3.8) is 0 Å². The van der Waals surface area contributed by atoms with Crippen LogP contribution >= 0.6 is 12.4 Å². The van der Waals surface area contributed by atoms with E-state index in [1.165, 1.54) is 0 Å². The second kappa shape index (κ2) is 7.72. The summed E-state index contributed by atoms with van der Waals surface area (Å²) in [6.07, 6.45) is -8.86. The number of nitrogens with zero attached hydrogens (tertiary/aromatic N) is 1. The minimum absolute atomic E-state index is 0. The molecule has 25 heavy (non-hydrogen) atoms. The average Bonchev–Trinajstić information content (AvgIpc) is 2.94. The molecule has 0 bridgehead atoms. The molecule has 0 saturated carbocycles. The van der Waals surface area contributed by atoms with Crippen molar-refractivity contribution in [1.29, 1.82) is 0 Å². The Kier molecular flexibility index (Phi) is 6.81. The summed E-state index contributed by atoms with van der Waals surface area (Å²) >= 11 is 0. The van der Waals surface area contributed by atoms with Gasteiger partial charge in [-0.3, -0.25) is 4.90 Å². The van der Waals surface area contributed by atoms with E-state index in [0.29, 0.717) is 13.1 Å². The first-order chi connectivity index (χ1) is 10.9. The van der Waals surface area contributed by atoms with Crippen molar-refractivity contribution < 1.29 is 26.3 Å². The molecule has 0 aliphatic carbocycles. The summed E-state index contributed by atoms with van der Waals surface area (Å²) in [5.41, 5.74) is 3.30. The Labute approximate surface area is 148 Å². The van der Waals surface area contributed by atoms with Crippen LogP contribution in [-0.2, 0) is 12.4 Å². The maximum atomic E-state index is 12.9. The minimum atomic E-state index is -4.82. The Bertz CT molecular complexity index is 553. The highest BCUT2D eigenvalue weighted by molar-refractivity contribution is 5.85. The Morgan fingerprint density at radius 2 is 1.48 bits per heavy atom. The molecule has 1 saturated heterocycles. The molecular weight excluding hydrogens is 370 g/mol. The molecule has 2 nitrogen and oxygen atoms in total. The first-order valence-corrected chi connectivity index (χ1v) is 7.68. The molecular formula is C16H21ClF6N2. The van der Waals surface area contributed by atoms with Crippen LogP contribution in [0.15, 0.2) is 18.2 Å². The van der Waals surface area contributed by atoms with Gasteiger partial charge in [-0.1, -0.05) is 0 Å². The standard InChI is InChI=1S/C16H20F6N2.ClH/c1-9(23)11-3-4-24(8-11)10(2)12-5-13(15(17,18)19)7-14(6-12)16(20,21)22;/h5-7,9-11H,3-4,8,23H2,1-2H3;1H. The fourth-order valence-corrected chi connectivity index (χ4v) is 3.03. The van der Waals surface area contributed by atoms with E-state index in [-0.39, 0.29) is 36.0 Å². The Balaban J connectivity index is 0.00000312. The Morgan fingerprint density at radius 1 is 1.00 bits per heavy atom. The molecule has 0 aromatic heterocycles. The molecule has 1 aromatic carbocycles. The third-order valence-electron chi connectivity index (χ3n) is 4.64. The zero-order chi connectivity index (χ0) is 18.3. The molecule has 1 aromatic rings. The van der Waals surface area contributed by atoms with E-state index < -0.39 is 29.5 Å². The van der Waals surface area contributed by atoms with Crippen LogP contribution in [0.25, 0.3) is 0 Å². The molecule has 2 N–H and O–H groups in total. The van der Waals surface area contributed by atoms with Gasteiger partial charge in [-0.25, -0.2) is 0 Å². The van der Waals surface area contributed by atoms with E-state index in [1.54, 1.807) is 6.92 Å². The summed E-state index contributed by atoms with van der Waals surface area (Å²) in [6, 6.07) is 1.16. The lowest BCUT2D eigenvalue weighted by atomic mass is 9.99. The quantitative estimate of drug-likeness (QED) is 0.746. The molecule has 0 spiro atoms. The van der Waals surface area contributed by atoms with Gasteiger partial charge in [0.25, 0.3) is 0 Å². The highest BCUT2D eigenvalue weighted by Crippen LogP contribution is 2.39. The zero-order valence-electron chi connectivity index (χ0n) is 13.8. The van der Waals surface area contributed by atoms with E-state index in [1.807, 2.05) is 11.8 Å². The fraction of sp³-hybridized carbons (Fsp3) is 0.625. The topological polar surface area (TPSA) is 29.3 Å². The number of benzene rings is 1. The molecule has 0 radical (unpaired) electrons. The van der Waals surface area contributed by atoms with Gasteiger partial charge in [0.05, 0.1) is 11.1 Å². The third-order valence-corrected chi connectivity index (χ3v) is 4.64. The molecule has 2 rings (SSSR count). The van der Waals surface area contributed by atoms with E-state index in [9.17, 15) is 26.3 Å². The van der Waals surface area contributed by atoms with Gasteiger partial charge in [0.2, 0.25) is 0 Å². The van der Waals surface area contributed by atoms with Crippen LogP contribution < -0.4 is 5.73 Å². The predicted octanol–water partition coefficient (Wildman–Crippen LogP) is 4.88. The third kappa shape index (κ3) is 5.24. The van der Waals surface area contributed by atoms with Crippen molar-refractivity contribution in [1.82, 2.24) is 4.90 Å². The van der Waals surface area contributed by atoms with Gasteiger partial charge in [-0.05, 0) is 56.5 Å². The van der Waals surface area contributed by atoms with Crippen molar-refractivity contribution in [2.75, 3.05) is 13.1 Å². The highest BCUT2D eigenvalue weighted by atomic mass is 35.5. The van der Waals surface area contributed by atoms with Gasteiger partial charge >= 0.3 is 12.4 Å². The second-order valence-corrected chi connectivity index (χ2v) is 6.42.